The Hall–Kier alpha value is -2.90. The van der Waals surface area contributed by atoms with Gasteiger partial charge in [-0.25, -0.2) is 18.2 Å². The van der Waals surface area contributed by atoms with Crippen molar-refractivity contribution in [1.29, 1.82) is 0 Å². The van der Waals surface area contributed by atoms with Crippen molar-refractivity contribution < 1.29 is 17.9 Å². The maximum Gasteiger partial charge on any atom is 0.145 e. The third kappa shape index (κ3) is 5.59. The lowest BCUT2D eigenvalue weighted by Crippen LogP contribution is -2.40. The zero-order chi connectivity index (χ0) is 24.1. The minimum absolute atomic E-state index is 0.150. The summed E-state index contributed by atoms with van der Waals surface area (Å²) >= 11 is 0. The minimum atomic E-state index is -0.456. The van der Waals surface area contributed by atoms with E-state index in [1.807, 2.05) is 18.2 Å². The van der Waals surface area contributed by atoms with Crippen LogP contribution in [0.15, 0.2) is 48.7 Å². The van der Waals surface area contributed by atoms with Gasteiger partial charge in [0.2, 0.25) is 0 Å². The summed E-state index contributed by atoms with van der Waals surface area (Å²) in [6.07, 6.45) is 8.93. The lowest BCUT2D eigenvalue weighted by Gasteiger charge is -2.32. The number of para-hydroxylation sites is 1. The summed E-state index contributed by atoms with van der Waals surface area (Å²) in [7, 11) is 1.58. The second-order valence-corrected chi connectivity index (χ2v) is 8.90. The number of halogens is 3. The first-order chi connectivity index (χ1) is 16.5. The van der Waals surface area contributed by atoms with Crippen LogP contribution in [-0.4, -0.2) is 30.7 Å². The van der Waals surface area contributed by atoms with Gasteiger partial charge in [0.05, 0.1) is 13.3 Å². The predicted molar refractivity (Wildman–Crippen MR) is 129 cm³/mol. The van der Waals surface area contributed by atoms with Crippen molar-refractivity contribution >= 4 is 17.0 Å². The van der Waals surface area contributed by atoms with E-state index in [1.165, 1.54) is 12.3 Å². The molecule has 4 rings (SSSR count). The third-order valence-corrected chi connectivity index (χ3v) is 6.74. The van der Waals surface area contributed by atoms with Crippen LogP contribution >= 0.6 is 0 Å². The van der Waals surface area contributed by atoms with E-state index in [1.54, 1.807) is 19.3 Å². The summed E-state index contributed by atoms with van der Waals surface area (Å²) in [5.41, 5.74) is 8.03. The molecule has 1 saturated carbocycles. The Morgan fingerprint density at radius 2 is 1.91 bits per heavy atom. The second-order valence-electron chi connectivity index (χ2n) is 8.90. The van der Waals surface area contributed by atoms with Crippen molar-refractivity contribution in [2.75, 3.05) is 13.7 Å². The van der Waals surface area contributed by atoms with Crippen molar-refractivity contribution in [3.05, 3.63) is 77.2 Å². The summed E-state index contributed by atoms with van der Waals surface area (Å²) < 4.78 is 47.0. The maximum absolute atomic E-state index is 14.7. The average Bonchev–Trinajstić information content (AvgIpc) is 2.85. The first-order valence-electron chi connectivity index (χ1n) is 11.7. The van der Waals surface area contributed by atoms with Gasteiger partial charge in [-0.3, -0.25) is 0 Å². The number of ether oxygens (including phenoxy) is 1. The predicted octanol–water partition coefficient (Wildman–Crippen LogP) is 5.39. The summed E-state index contributed by atoms with van der Waals surface area (Å²) in [4.78, 5) is 4.21. The molecule has 34 heavy (non-hydrogen) atoms. The fourth-order valence-electron chi connectivity index (χ4n) is 4.82. The van der Waals surface area contributed by atoms with Gasteiger partial charge in [-0.2, -0.15) is 0 Å². The molecule has 1 fully saturated rings. The van der Waals surface area contributed by atoms with Gasteiger partial charge in [0.15, 0.2) is 0 Å². The summed E-state index contributed by atoms with van der Waals surface area (Å²) in [6.45, 7) is 0.577. The molecule has 3 aromatic rings. The monoisotopic (exact) mass is 469 g/mol. The molecule has 1 heterocycles. The number of benzene rings is 2. The number of nitrogens with one attached hydrogen (secondary N) is 1. The topological polar surface area (TPSA) is 60.2 Å². The maximum atomic E-state index is 14.7. The van der Waals surface area contributed by atoms with E-state index in [0.717, 1.165) is 43.2 Å². The molecule has 1 aromatic heterocycles. The van der Waals surface area contributed by atoms with Gasteiger partial charge in [0.1, 0.15) is 28.7 Å². The lowest BCUT2D eigenvalue weighted by molar-refractivity contribution is 0.260. The van der Waals surface area contributed by atoms with Crippen LogP contribution in [-0.2, 0) is 6.42 Å². The molecule has 1 unspecified atom stereocenters. The first-order valence-corrected chi connectivity index (χ1v) is 11.7. The van der Waals surface area contributed by atoms with Crippen molar-refractivity contribution in [2.24, 2.45) is 11.7 Å². The number of aromatic nitrogens is 1. The Kier molecular flexibility index (Phi) is 7.85. The molecule has 1 aliphatic rings. The highest BCUT2D eigenvalue weighted by Gasteiger charge is 2.26. The fourth-order valence-corrected chi connectivity index (χ4v) is 4.82. The van der Waals surface area contributed by atoms with Crippen LogP contribution in [0.5, 0.6) is 5.75 Å². The van der Waals surface area contributed by atoms with Crippen LogP contribution in [0, 0.1) is 23.4 Å². The molecule has 7 heteroatoms. The molecular weight excluding hydrogens is 439 g/mol. The molecule has 1 atom stereocenters. The van der Waals surface area contributed by atoms with Crippen LogP contribution in [0.3, 0.4) is 0 Å². The third-order valence-electron chi connectivity index (χ3n) is 6.74. The molecule has 3 N–H and O–H groups in total. The number of pyridine rings is 1. The Balaban J connectivity index is 1.30. The summed E-state index contributed by atoms with van der Waals surface area (Å²) in [5.74, 6) is -0.309. The van der Waals surface area contributed by atoms with E-state index in [0.29, 0.717) is 41.8 Å². The van der Waals surface area contributed by atoms with E-state index >= 15 is 0 Å². The average molecular weight is 470 g/mol. The Bertz CT molecular complexity index is 1160. The molecule has 180 valence electrons. The molecule has 4 nitrogen and oxygen atoms in total. The highest BCUT2D eigenvalue weighted by Crippen LogP contribution is 2.31. The Labute approximate surface area is 198 Å². The normalized spacial score (nSPS) is 19.6. The van der Waals surface area contributed by atoms with Gasteiger partial charge in [-0.1, -0.05) is 24.3 Å². The molecule has 0 radical (unpaired) electrons. The molecular formula is C27H30F3N3O. The Morgan fingerprint density at radius 1 is 1.12 bits per heavy atom. The van der Waals surface area contributed by atoms with Crippen LogP contribution in [0.1, 0.15) is 36.8 Å². The van der Waals surface area contributed by atoms with Gasteiger partial charge in [-0.05, 0) is 62.3 Å². The number of nitrogens with two attached hydrogens (primary N) is 1. The van der Waals surface area contributed by atoms with Gasteiger partial charge in [0, 0.05) is 35.1 Å². The molecule has 0 saturated heterocycles. The fraction of sp³-hybridized carbons (Fsp3) is 0.370. The minimum Gasteiger partial charge on any atom is -0.494 e. The van der Waals surface area contributed by atoms with Gasteiger partial charge < -0.3 is 15.8 Å². The van der Waals surface area contributed by atoms with E-state index < -0.39 is 11.6 Å². The lowest BCUT2D eigenvalue weighted by atomic mass is 9.79. The van der Waals surface area contributed by atoms with E-state index in [4.69, 9.17) is 10.5 Å². The SMILES string of the molecule is COc1cccc2c(CC(N)C3CCC(NC/C=C/c4cc(F)ccc4F)CC3)c(F)cnc12. The van der Waals surface area contributed by atoms with Gasteiger partial charge in [-0.15, -0.1) is 0 Å². The van der Waals surface area contributed by atoms with Crippen LogP contribution < -0.4 is 15.8 Å². The quantitative estimate of drug-likeness (QED) is 0.464. The number of fused-ring (bicyclic) bond motifs is 1. The van der Waals surface area contributed by atoms with Crippen molar-refractivity contribution in [3.8, 4) is 5.75 Å². The highest BCUT2D eigenvalue weighted by atomic mass is 19.1. The van der Waals surface area contributed by atoms with Crippen LogP contribution in [0.4, 0.5) is 13.2 Å². The largest absolute Gasteiger partial charge is 0.494 e. The first kappa shape index (κ1) is 24.2. The number of hydrogen-bond acceptors (Lipinski definition) is 4. The van der Waals surface area contributed by atoms with E-state index in [2.05, 4.69) is 10.3 Å². The van der Waals surface area contributed by atoms with Crippen LogP contribution in [0.25, 0.3) is 17.0 Å². The number of hydrogen-bond donors (Lipinski definition) is 2. The molecule has 0 bridgehead atoms. The molecule has 0 spiro atoms. The number of methoxy groups -OCH3 is 1. The smallest absolute Gasteiger partial charge is 0.145 e. The van der Waals surface area contributed by atoms with E-state index in [9.17, 15) is 13.2 Å². The number of nitrogens with zero attached hydrogens (tertiary/aromatic N) is 1. The zero-order valence-corrected chi connectivity index (χ0v) is 19.2. The van der Waals surface area contributed by atoms with E-state index in [-0.39, 0.29) is 17.4 Å². The van der Waals surface area contributed by atoms with Gasteiger partial charge in [0.25, 0.3) is 0 Å². The Morgan fingerprint density at radius 3 is 2.68 bits per heavy atom. The molecule has 0 amide bonds. The summed E-state index contributed by atoms with van der Waals surface area (Å²) in [5, 5.41) is 4.20. The summed E-state index contributed by atoms with van der Waals surface area (Å²) in [6, 6.07) is 9.13. The zero-order valence-electron chi connectivity index (χ0n) is 19.2. The standard InChI is InChI=1S/C27H30F3N3O/c1-34-26-6-2-5-21-22(24(30)16-33-27(21)26)15-25(31)17-7-10-20(11-8-17)32-13-3-4-18-14-19(28)9-12-23(18)29/h2-6,9,12,14,16-17,20,25,32H,7-8,10-11,13,15,31H2,1H3/b4-3+. The molecule has 2 aromatic carbocycles. The number of rotatable bonds is 8. The van der Waals surface area contributed by atoms with Crippen LogP contribution in [0.2, 0.25) is 0 Å². The van der Waals surface area contributed by atoms with Gasteiger partial charge >= 0.3 is 0 Å². The molecule has 1 aliphatic carbocycles. The second kappa shape index (κ2) is 11.0. The van der Waals surface area contributed by atoms with Crippen molar-refractivity contribution in [1.82, 2.24) is 10.3 Å². The van der Waals surface area contributed by atoms with Crippen molar-refractivity contribution in [2.45, 2.75) is 44.2 Å². The highest BCUT2D eigenvalue weighted by molar-refractivity contribution is 5.87. The van der Waals surface area contributed by atoms with Crippen molar-refractivity contribution in [3.63, 3.8) is 0 Å². The molecule has 0 aliphatic heterocycles.